The number of aromatic nitrogens is 3. The van der Waals surface area contributed by atoms with E-state index in [1.807, 2.05) is 84.0 Å². The van der Waals surface area contributed by atoms with Crippen molar-refractivity contribution < 1.29 is 4.79 Å². The maximum Gasteiger partial charge on any atom is 0.236 e. The number of thioether (sulfide) groups is 1. The minimum atomic E-state index is -0.245. The number of benzene rings is 2. The second-order valence-corrected chi connectivity index (χ2v) is 7.23. The Morgan fingerprint density at radius 1 is 1.12 bits per heavy atom. The van der Waals surface area contributed by atoms with Crippen molar-refractivity contribution in [3.63, 3.8) is 0 Å². The molecule has 0 aliphatic rings. The molecular weight excluding hydrogens is 344 g/mol. The van der Waals surface area contributed by atoms with E-state index in [1.54, 1.807) is 6.33 Å². The molecule has 0 aliphatic heterocycles. The van der Waals surface area contributed by atoms with E-state index >= 15 is 0 Å². The molecule has 0 spiro atoms. The lowest BCUT2D eigenvalue weighted by atomic mass is 10.2. The van der Waals surface area contributed by atoms with Crippen LogP contribution in [0.15, 0.2) is 72.1 Å². The molecule has 6 heteroatoms. The molecule has 0 fully saturated rings. The minimum Gasteiger partial charge on any atom is -0.338 e. The minimum absolute atomic E-state index is 0.101. The summed E-state index contributed by atoms with van der Waals surface area (Å²) in [6.45, 7) is 5.21. The maximum atomic E-state index is 12.9. The summed E-state index contributed by atoms with van der Waals surface area (Å²) < 4.78 is 1.90. The van der Waals surface area contributed by atoms with Crippen LogP contribution in [0.4, 0.5) is 0 Å². The number of para-hydroxylation sites is 1. The fourth-order valence-electron chi connectivity index (χ4n) is 2.69. The highest BCUT2D eigenvalue weighted by Crippen LogP contribution is 2.25. The SMILES string of the molecule is CCN(Cc1ccccc1)C(=O)C(C)Sc1nncn1-c1ccccc1. The number of nitrogens with zero attached hydrogens (tertiary/aromatic N) is 4. The third kappa shape index (κ3) is 4.32. The summed E-state index contributed by atoms with van der Waals surface area (Å²) in [5.41, 5.74) is 2.11. The van der Waals surface area contributed by atoms with Gasteiger partial charge in [0, 0.05) is 18.8 Å². The molecule has 1 atom stereocenters. The Morgan fingerprint density at radius 3 is 2.42 bits per heavy atom. The van der Waals surface area contributed by atoms with Crippen molar-refractivity contribution in [1.82, 2.24) is 19.7 Å². The van der Waals surface area contributed by atoms with Gasteiger partial charge in [0.25, 0.3) is 0 Å². The molecule has 1 heterocycles. The van der Waals surface area contributed by atoms with Crippen LogP contribution in [0, 0.1) is 0 Å². The van der Waals surface area contributed by atoms with E-state index < -0.39 is 0 Å². The molecule has 0 saturated heterocycles. The summed E-state index contributed by atoms with van der Waals surface area (Å²) in [6.07, 6.45) is 1.68. The van der Waals surface area contributed by atoms with Crippen molar-refractivity contribution in [2.24, 2.45) is 0 Å². The van der Waals surface area contributed by atoms with Crippen molar-refractivity contribution >= 4 is 17.7 Å². The molecule has 134 valence electrons. The Morgan fingerprint density at radius 2 is 1.77 bits per heavy atom. The van der Waals surface area contributed by atoms with Crippen LogP contribution in [-0.4, -0.2) is 37.4 Å². The van der Waals surface area contributed by atoms with Crippen molar-refractivity contribution in [3.8, 4) is 5.69 Å². The van der Waals surface area contributed by atoms with Gasteiger partial charge in [0.05, 0.1) is 5.25 Å². The van der Waals surface area contributed by atoms with Gasteiger partial charge in [0.2, 0.25) is 5.91 Å². The first-order valence-electron chi connectivity index (χ1n) is 8.64. The van der Waals surface area contributed by atoms with Gasteiger partial charge in [-0.3, -0.25) is 9.36 Å². The Bertz CT molecular complexity index is 835. The molecule has 1 aromatic heterocycles. The van der Waals surface area contributed by atoms with Gasteiger partial charge in [0.15, 0.2) is 5.16 Å². The fourth-order valence-corrected chi connectivity index (χ4v) is 3.61. The van der Waals surface area contributed by atoms with Gasteiger partial charge in [-0.25, -0.2) is 0 Å². The molecule has 1 unspecified atom stereocenters. The van der Waals surface area contributed by atoms with Crippen molar-refractivity contribution in [3.05, 3.63) is 72.6 Å². The first-order valence-corrected chi connectivity index (χ1v) is 9.51. The van der Waals surface area contributed by atoms with Gasteiger partial charge < -0.3 is 4.90 Å². The van der Waals surface area contributed by atoms with E-state index in [9.17, 15) is 4.79 Å². The topological polar surface area (TPSA) is 51.0 Å². The number of carbonyl (C=O) groups excluding carboxylic acids is 1. The number of hydrogen-bond acceptors (Lipinski definition) is 4. The van der Waals surface area contributed by atoms with E-state index in [2.05, 4.69) is 10.2 Å². The lowest BCUT2D eigenvalue weighted by Gasteiger charge is -2.24. The van der Waals surface area contributed by atoms with Gasteiger partial charge in [-0.05, 0) is 31.5 Å². The molecule has 2 aromatic carbocycles. The van der Waals surface area contributed by atoms with Crippen LogP contribution in [-0.2, 0) is 11.3 Å². The predicted molar refractivity (Wildman–Crippen MR) is 104 cm³/mol. The molecule has 0 radical (unpaired) electrons. The average Bonchev–Trinajstić information content (AvgIpc) is 3.15. The zero-order chi connectivity index (χ0) is 18.4. The van der Waals surface area contributed by atoms with E-state index in [0.29, 0.717) is 18.2 Å². The normalized spacial score (nSPS) is 11.9. The van der Waals surface area contributed by atoms with Gasteiger partial charge in [-0.15, -0.1) is 10.2 Å². The third-order valence-electron chi connectivity index (χ3n) is 4.09. The molecule has 0 saturated carbocycles. The highest BCUT2D eigenvalue weighted by molar-refractivity contribution is 8.00. The van der Waals surface area contributed by atoms with Crippen LogP contribution >= 0.6 is 11.8 Å². The number of hydrogen-bond donors (Lipinski definition) is 0. The summed E-state index contributed by atoms with van der Waals surface area (Å²) in [6, 6.07) is 19.9. The van der Waals surface area contributed by atoms with Crippen molar-refractivity contribution in [2.75, 3.05) is 6.54 Å². The average molecular weight is 366 g/mol. The first kappa shape index (κ1) is 18.2. The predicted octanol–water partition coefficient (Wildman–Crippen LogP) is 3.80. The Hall–Kier alpha value is -2.60. The Balaban J connectivity index is 1.70. The summed E-state index contributed by atoms with van der Waals surface area (Å²) in [5.74, 6) is 0.101. The van der Waals surface area contributed by atoms with Crippen LogP contribution < -0.4 is 0 Å². The molecule has 0 bridgehead atoms. The fraction of sp³-hybridized carbons (Fsp3) is 0.250. The Kier molecular flexibility index (Phi) is 6.07. The van der Waals surface area contributed by atoms with Gasteiger partial charge in [-0.2, -0.15) is 0 Å². The molecule has 0 N–H and O–H groups in total. The summed E-state index contributed by atoms with van der Waals surface area (Å²) in [5, 5.41) is 8.67. The van der Waals surface area contributed by atoms with Crippen LogP contribution in [0.25, 0.3) is 5.69 Å². The lowest BCUT2D eigenvalue weighted by molar-refractivity contribution is -0.130. The summed E-state index contributed by atoms with van der Waals surface area (Å²) >= 11 is 1.43. The lowest BCUT2D eigenvalue weighted by Crippen LogP contribution is -2.36. The molecule has 0 aliphatic carbocycles. The molecule has 5 nitrogen and oxygen atoms in total. The monoisotopic (exact) mass is 366 g/mol. The highest BCUT2D eigenvalue weighted by Gasteiger charge is 2.23. The number of amides is 1. The van der Waals surface area contributed by atoms with Crippen LogP contribution in [0.1, 0.15) is 19.4 Å². The maximum absolute atomic E-state index is 12.9. The van der Waals surface area contributed by atoms with Gasteiger partial charge in [0.1, 0.15) is 6.33 Å². The smallest absolute Gasteiger partial charge is 0.236 e. The van der Waals surface area contributed by atoms with Crippen LogP contribution in [0.3, 0.4) is 0 Å². The van der Waals surface area contributed by atoms with Crippen molar-refractivity contribution in [2.45, 2.75) is 30.8 Å². The highest BCUT2D eigenvalue weighted by atomic mass is 32.2. The van der Waals surface area contributed by atoms with E-state index in [4.69, 9.17) is 0 Å². The second-order valence-electron chi connectivity index (χ2n) is 5.92. The quantitative estimate of drug-likeness (QED) is 0.597. The zero-order valence-corrected chi connectivity index (χ0v) is 15.8. The summed E-state index contributed by atoms with van der Waals surface area (Å²) in [7, 11) is 0. The molecule has 26 heavy (non-hydrogen) atoms. The summed E-state index contributed by atoms with van der Waals surface area (Å²) in [4.78, 5) is 14.8. The van der Waals surface area contributed by atoms with Crippen molar-refractivity contribution in [1.29, 1.82) is 0 Å². The molecule has 3 rings (SSSR count). The first-order chi connectivity index (χ1) is 12.7. The zero-order valence-electron chi connectivity index (χ0n) is 14.9. The van der Waals surface area contributed by atoms with Gasteiger partial charge >= 0.3 is 0 Å². The number of carbonyl (C=O) groups is 1. The third-order valence-corrected chi connectivity index (χ3v) is 5.13. The van der Waals surface area contributed by atoms with E-state index in [1.165, 1.54) is 11.8 Å². The molecule has 3 aromatic rings. The Labute approximate surface area is 158 Å². The standard InChI is InChI=1S/C20H22N4OS/c1-3-23(14-17-10-6-4-7-11-17)19(25)16(2)26-20-22-21-15-24(20)18-12-8-5-9-13-18/h4-13,15-16H,3,14H2,1-2H3. The van der Waals surface area contributed by atoms with Crippen LogP contribution in [0.2, 0.25) is 0 Å². The second kappa shape index (κ2) is 8.67. The van der Waals surface area contributed by atoms with E-state index in [0.717, 1.165) is 11.3 Å². The number of rotatable bonds is 7. The molecular formula is C20H22N4OS. The molecule has 1 amide bonds. The van der Waals surface area contributed by atoms with Gasteiger partial charge in [-0.1, -0.05) is 60.3 Å². The largest absolute Gasteiger partial charge is 0.338 e. The van der Waals surface area contributed by atoms with Crippen LogP contribution in [0.5, 0.6) is 0 Å². The van der Waals surface area contributed by atoms with E-state index in [-0.39, 0.29) is 11.2 Å².